The Morgan fingerprint density at radius 2 is 1.80 bits per heavy atom. The summed E-state index contributed by atoms with van der Waals surface area (Å²) in [6.07, 6.45) is 1.77. The van der Waals surface area contributed by atoms with Crippen LogP contribution >= 0.6 is 23.8 Å². The van der Waals surface area contributed by atoms with Gasteiger partial charge in [-0.1, -0.05) is 42.0 Å². The number of benzene rings is 2. The zero-order chi connectivity index (χ0) is 13.9. The molecule has 3 rings (SSSR count). The number of H-pyrrole nitrogens is 1. The summed E-state index contributed by atoms with van der Waals surface area (Å²) in [7, 11) is 0. The number of aromatic nitrogens is 1. The van der Waals surface area contributed by atoms with E-state index < -0.39 is 0 Å². The van der Waals surface area contributed by atoms with Crippen molar-refractivity contribution in [1.29, 1.82) is 0 Å². The SMILES string of the molecule is S=c1[nH]c2ccccc2cc1C=Nc1ccc(Cl)cc1. The van der Waals surface area contributed by atoms with Gasteiger partial charge in [0.15, 0.2) is 0 Å². The van der Waals surface area contributed by atoms with E-state index in [4.69, 9.17) is 23.8 Å². The molecule has 0 saturated heterocycles. The van der Waals surface area contributed by atoms with E-state index in [-0.39, 0.29) is 0 Å². The molecular weight excluding hydrogens is 288 g/mol. The molecule has 1 N–H and O–H groups in total. The van der Waals surface area contributed by atoms with Crippen molar-refractivity contribution in [2.75, 3.05) is 0 Å². The third-order valence-corrected chi connectivity index (χ3v) is 3.55. The lowest BCUT2D eigenvalue weighted by molar-refractivity contribution is 1.36. The van der Waals surface area contributed by atoms with Gasteiger partial charge in [0.1, 0.15) is 4.64 Å². The van der Waals surface area contributed by atoms with Gasteiger partial charge in [0.2, 0.25) is 0 Å². The number of fused-ring (bicyclic) bond motifs is 1. The van der Waals surface area contributed by atoms with Crippen molar-refractivity contribution in [3.8, 4) is 0 Å². The van der Waals surface area contributed by atoms with Crippen LogP contribution in [0, 0.1) is 4.64 Å². The van der Waals surface area contributed by atoms with Gasteiger partial charge in [0.25, 0.3) is 0 Å². The summed E-state index contributed by atoms with van der Waals surface area (Å²) >= 11 is 11.2. The molecule has 0 aliphatic carbocycles. The minimum absolute atomic E-state index is 0.682. The number of aliphatic imine (C=N–C) groups is 1. The zero-order valence-electron chi connectivity index (χ0n) is 10.5. The van der Waals surface area contributed by atoms with E-state index in [1.54, 1.807) is 6.21 Å². The normalized spacial score (nSPS) is 11.2. The Balaban J connectivity index is 2.00. The number of rotatable bonds is 2. The summed E-state index contributed by atoms with van der Waals surface area (Å²) in [5.74, 6) is 0. The first-order valence-corrected chi connectivity index (χ1v) is 6.93. The molecule has 4 heteroatoms. The summed E-state index contributed by atoms with van der Waals surface area (Å²) < 4.78 is 0.682. The van der Waals surface area contributed by atoms with Crippen LogP contribution in [0.3, 0.4) is 0 Å². The second kappa shape index (κ2) is 5.57. The Morgan fingerprint density at radius 1 is 1.05 bits per heavy atom. The smallest absolute Gasteiger partial charge is 0.112 e. The van der Waals surface area contributed by atoms with Crippen LogP contribution in [0.1, 0.15) is 5.56 Å². The van der Waals surface area contributed by atoms with Crippen LogP contribution in [0.25, 0.3) is 10.9 Å². The average molecular weight is 299 g/mol. The number of hydrogen-bond acceptors (Lipinski definition) is 2. The Morgan fingerprint density at radius 3 is 2.60 bits per heavy atom. The first-order valence-electron chi connectivity index (χ1n) is 6.14. The van der Waals surface area contributed by atoms with Gasteiger partial charge >= 0.3 is 0 Å². The molecule has 2 aromatic carbocycles. The fourth-order valence-electron chi connectivity index (χ4n) is 1.93. The molecule has 1 heterocycles. The highest BCUT2D eigenvalue weighted by molar-refractivity contribution is 7.71. The van der Waals surface area contributed by atoms with E-state index in [2.05, 4.69) is 9.98 Å². The maximum atomic E-state index is 5.85. The highest BCUT2D eigenvalue weighted by atomic mass is 35.5. The molecule has 0 atom stereocenters. The Hall–Kier alpha value is -1.97. The van der Waals surface area contributed by atoms with Crippen molar-refractivity contribution in [2.24, 2.45) is 4.99 Å². The van der Waals surface area contributed by atoms with Crippen LogP contribution in [-0.4, -0.2) is 11.2 Å². The van der Waals surface area contributed by atoms with Crippen LogP contribution in [0.15, 0.2) is 59.6 Å². The fraction of sp³-hybridized carbons (Fsp3) is 0. The van der Waals surface area contributed by atoms with E-state index in [1.165, 1.54) is 0 Å². The second-order valence-electron chi connectivity index (χ2n) is 4.38. The van der Waals surface area contributed by atoms with Crippen molar-refractivity contribution < 1.29 is 0 Å². The van der Waals surface area contributed by atoms with E-state index in [0.29, 0.717) is 9.66 Å². The molecule has 2 nitrogen and oxygen atoms in total. The monoisotopic (exact) mass is 298 g/mol. The molecule has 0 aliphatic rings. The van der Waals surface area contributed by atoms with Crippen molar-refractivity contribution in [3.05, 3.63) is 69.8 Å². The topological polar surface area (TPSA) is 28.1 Å². The molecule has 0 spiro atoms. The number of nitrogens with zero attached hydrogens (tertiary/aromatic N) is 1. The fourth-order valence-corrected chi connectivity index (χ4v) is 2.28. The predicted molar refractivity (Wildman–Crippen MR) is 87.8 cm³/mol. The van der Waals surface area contributed by atoms with E-state index in [0.717, 1.165) is 22.2 Å². The lowest BCUT2D eigenvalue weighted by Gasteiger charge is -2.00. The summed E-state index contributed by atoms with van der Waals surface area (Å²) in [6, 6.07) is 17.4. The van der Waals surface area contributed by atoms with Crippen LogP contribution in [0.2, 0.25) is 5.02 Å². The van der Waals surface area contributed by atoms with Gasteiger partial charge in [-0.3, -0.25) is 4.99 Å². The molecule has 0 amide bonds. The van der Waals surface area contributed by atoms with Crippen molar-refractivity contribution in [2.45, 2.75) is 0 Å². The molecular formula is C16H11ClN2S. The minimum atomic E-state index is 0.682. The third-order valence-electron chi connectivity index (χ3n) is 2.96. The van der Waals surface area contributed by atoms with Crippen LogP contribution in [0.4, 0.5) is 5.69 Å². The lowest BCUT2D eigenvalue weighted by atomic mass is 10.2. The Kier molecular flexibility index (Phi) is 3.63. The second-order valence-corrected chi connectivity index (χ2v) is 5.22. The molecule has 0 saturated carbocycles. The van der Waals surface area contributed by atoms with Gasteiger partial charge in [0.05, 0.1) is 5.69 Å². The highest BCUT2D eigenvalue weighted by Gasteiger charge is 1.97. The molecule has 0 radical (unpaired) electrons. The molecule has 3 aromatic rings. The number of pyridine rings is 1. The molecule has 0 bridgehead atoms. The van der Waals surface area contributed by atoms with Gasteiger partial charge in [-0.25, -0.2) is 0 Å². The molecule has 98 valence electrons. The molecule has 20 heavy (non-hydrogen) atoms. The van der Waals surface area contributed by atoms with E-state index in [1.807, 2.05) is 54.6 Å². The largest absolute Gasteiger partial charge is 0.346 e. The van der Waals surface area contributed by atoms with Gasteiger partial charge in [-0.15, -0.1) is 0 Å². The minimum Gasteiger partial charge on any atom is -0.346 e. The maximum Gasteiger partial charge on any atom is 0.112 e. The van der Waals surface area contributed by atoms with E-state index in [9.17, 15) is 0 Å². The quantitative estimate of drug-likeness (QED) is 0.504. The molecule has 0 fully saturated rings. The first kappa shape index (κ1) is 13.0. The molecule has 1 aromatic heterocycles. The standard InChI is InChI=1S/C16H11ClN2S/c17-13-5-7-14(8-6-13)18-10-12-9-11-3-1-2-4-15(11)19-16(12)20/h1-10H,(H,19,20). The predicted octanol–water partition coefficient (Wildman–Crippen LogP) is 5.30. The summed E-state index contributed by atoms with van der Waals surface area (Å²) in [6.45, 7) is 0. The zero-order valence-corrected chi connectivity index (χ0v) is 12.1. The maximum absolute atomic E-state index is 5.85. The van der Waals surface area contributed by atoms with Crippen molar-refractivity contribution in [3.63, 3.8) is 0 Å². The van der Waals surface area contributed by atoms with Gasteiger partial charge in [-0.05, 0) is 41.8 Å². The van der Waals surface area contributed by atoms with Crippen LogP contribution in [-0.2, 0) is 0 Å². The van der Waals surface area contributed by atoms with Gasteiger partial charge < -0.3 is 4.98 Å². The van der Waals surface area contributed by atoms with Crippen LogP contribution < -0.4 is 0 Å². The summed E-state index contributed by atoms with van der Waals surface area (Å²) in [5.41, 5.74) is 2.77. The third kappa shape index (κ3) is 2.79. The molecule has 0 unspecified atom stereocenters. The lowest BCUT2D eigenvalue weighted by Crippen LogP contribution is -1.88. The van der Waals surface area contributed by atoms with Crippen molar-refractivity contribution >= 4 is 46.6 Å². The first-order chi connectivity index (χ1) is 9.72. The van der Waals surface area contributed by atoms with Crippen LogP contribution in [0.5, 0.6) is 0 Å². The van der Waals surface area contributed by atoms with Crippen molar-refractivity contribution in [1.82, 2.24) is 4.98 Å². The number of para-hydroxylation sites is 1. The van der Waals surface area contributed by atoms with Gasteiger partial charge in [0, 0.05) is 22.3 Å². The molecule has 0 aliphatic heterocycles. The average Bonchev–Trinajstić information content (AvgIpc) is 2.47. The number of halogens is 1. The van der Waals surface area contributed by atoms with E-state index >= 15 is 0 Å². The number of aromatic amines is 1. The number of nitrogens with one attached hydrogen (secondary N) is 1. The summed E-state index contributed by atoms with van der Waals surface area (Å²) in [4.78, 5) is 7.62. The Labute approximate surface area is 126 Å². The number of hydrogen-bond donors (Lipinski definition) is 1. The summed E-state index contributed by atoms with van der Waals surface area (Å²) in [5, 5.41) is 1.81. The highest BCUT2D eigenvalue weighted by Crippen LogP contribution is 2.17. The Bertz CT molecular complexity index is 835. The van der Waals surface area contributed by atoms with Gasteiger partial charge in [-0.2, -0.15) is 0 Å².